The van der Waals surface area contributed by atoms with Crippen LogP contribution >= 0.6 is 33.0 Å². The molecule has 0 aliphatic carbocycles. The van der Waals surface area contributed by atoms with Crippen molar-refractivity contribution in [3.05, 3.63) is 0 Å². The molecule has 0 heterocycles. The van der Waals surface area contributed by atoms with E-state index in [1.807, 2.05) is 0 Å². The molecule has 19 heteroatoms. The second-order valence-electron chi connectivity index (χ2n) is 2.61. The average molecular weight is 446 g/mol. The van der Waals surface area contributed by atoms with Gasteiger partial charge in [-0.1, -0.05) is 9.05 Å². The Labute approximate surface area is 162 Å². The Morgan fingerprint density at radius 3 is 1.17 bits per heavy atom. The molecule has 6 unspecified atom stereocenters. The minimum Gasteiger partial charge on any atom is -0.566 e. The molecule has 23 heavy (non-hydrogen) atoms. The van der Waals surface area contributed by atoms with Crippen LogP contribution in [0.3, 0.4) is 0 Å². The van der Waals surface area contributed by atoms with Gasteiger partial charge in [0.2, 0.25) is 0 Å². The van der Waals surface area contributed by atoms with E-state index in [-0.39, 0.29) is 37.7 Å². The van der Waals surface area contributed by atoms with Gasteiger partial charge in [-0.15, -0.1) is 9.05 Å². The molecule has 128 valence electrons. The molecule has 0 aromatic carbocycles. The molecule has 0 saturated carbocycles. The maximum absolute atomic E-state index is 10.2. The first-order chi connectivity index (χ1) is 10.1. The summed E-state index contributed by atoms with van der Waals surface area (Å²) in [6.07, 6.45) is -2.49. The molecule has 0 amide bonds. The van der Waals surface area contributed by atoms with Crippen LogP contribution in [-0.4, -0.2) is 60.8 Å². The predicted molar refractivity (Wildman–Crippen MR) is 66.9 cm³/mol. The molecule has 0 bridgehead atoms. The topological polar surface area (TPSA) is 210 Å². The van der Waals surface area contributed by atoms with Gasteiger partial charge in [0.25, 0.3) is 12.6 Å². The molecule has 0 aliphatic rings. The zero-order chi connectivity index (χ0) is 17.7. The van der Waals surface area contributed by atoms with E-state index in [4.69, 9.17) is 10.5 Å². The van der Waals surface area contributed by atoms with Crippen LogP contribution in [0.15, 0.2) is 0 Å². The summed E-state index contributed by atoms with van der Waals surface area (Å²) in [7, 11) is -11.6. The van der Waals surface area contributed by atoms with E-state index in [1.54, 1.807) is 0 Å². The van der Waals surface area contributed by atoms with Crippen molar-refractivity contribution in [1.82, 2.24) is 0 Å². The maximum Gasteiger partial charge on any atom is 2.00 e. The zero-order valence-electron chi connectivity index (χ0n) is 11.4. The van der Waals surface area contributed by atoms with Gasteiger partial charge in [0, 0.05) is 9.13 Å². The molecule has 2 N–H and O–H groups in total. The summed E-state index contributed by atoms with van der Waals surface area (Å²) in [5, 5.41) is 15.4. The summed E-state index contributed by atoms with van der Waals surface area (Å²) in [6, 6.07) is 0. The van der Waals surface area contributed by atoms with E-state index in [1.165, 1.54) is 13.8 Å². The molecule has 0 radical (unpaired) electrons. The predicted octanol–water partition coefficient (Wildman–Crippen LogP) is 0.680. The third kappa shape index (κ3) is 23.3. The monoisotopic (exact) mass is 446 g/mol. The third-order valence-electron chi connectivity index (χ3n) is 1.07. The Morgan fingerprint density at radius 2 is 1.00 bits per heavy atom. The van der Waals surface area contributed by atoms with Gasteiger partial charge in [0.05, 0.1) is 9.35 Å². The van der Waals surface area contributed by atoms with Crippen LogP contribution < -0.4 is 9.79 Å². The normalized spacial score (nSPS) is 15.2. The van der Waals surface area contributed by atoms with Crippen LogP contribution in [0.25, 0.3) is 0 Å². The third-order valence-corrected chi connectivity index (χ3v) is 3.21. The molecule has 0 aliphatic heterocycles. The molecule has 0 saturated heterocycles. The van der Waals surface area contributed by atoms with Crippen molar-refractivity contribution in [2.45, 2.75) is 26.4 Å². The Morgan fingerprint density at radius 1 is 0.739 bits per heavy atom. The first-order valence-electron chi connectivity index (χ1n) is 4.65. The molecular weight excluding hydrogens is 436 g/mol. The van der Waals surface area contributed by atoms with Gasteiger partial charge in [0.1, 0.15) is 0 Å². The van der Waals surface area contributed by atoms with Gasteiger partial charge < -0.3 is 9.79 Å². The van der Waals surface area contributed by atoms with Crippen molar-refractivity contribution in [2.24, 2.45) is 0 Å². The van der Waals surface area contributed by atoms with E-state index in [9.17, 15) is 28.0 Å². The summed E-state index contributed by atoms with van der Waals surface area (Å²) in [4.78, 5) is 19.6. The summed E-state index contributed by atoms with van der Waals surface area (Å²) < 4.78 is 62.7. The molecule has 0 rings (SSSR count). The number of hydrogen-bond acceptors (Lipinski definition) is 14. The molecule has 0 aromatic rings. The van der Waals surface area contributed by atoms with Gasteiger partial charge >= 0.3 is 70.8 Å². The second kappa shape index (κ2) is 18.1. The molecule has 0 fully saturated rings. The SMILES string of the molecule is CC(O[P+](=O)[O-])O[P+](=O)OO.CC(O[P+](=O)[O-])O[P+](=O)OO.[Ca+2]. The molecular formula is C4H10CaO14P4+4. The Balaban J connectivity index is -0.000000333. The van der Waals surface area contributed by atoms with Gasteiger partial charge in [-0.2, -0.15) is 0 Å². The van der Waals surface area contributed by atoms with Crippen molar-refractivity contribution < 1.29 is 66.0 Å². The fourth-order valence-corrected chi connectivity index (χ4v) is 1.92. The van der Waals surface area contributed by atoms with Crippen molar-refractivity contribution in [2.75, 3.05) is 0 Å². The summed E-state index contributed by atoms with van der Waals surface area (Å²) in [5.74, 6) is 0. The molecule has 14 nitrogen and oxygen atoms in total. The van der Waals surface area contributed by atoms with Crippen LogP contribution in [-0.2, 0) is 45.7 Å². The largest absolute Gasteiger partial charge is 2.00 e. The van der Waals surface area contributed by atoms with Crippen molar-refractivity contribution in [1.29, 1.82) is 0 Å². The van der Waals surface area contributed by atoms with Crippen molar-refractivity contribution >= 4 is 70.8 Å². The van der Waals surface area contributed by atoms with Gasteiger partial charge in [-0.05, 0) is 23.0 Å². The summed E-state index contributed by atoms with van der Waals surface area (Å²) >= 11 is 0. The Kier molecular flexibility index (Phi) is 22.8. The number of hydrogen-bond donors (Lipinski definition) is 2. The standard InChI is InChI=1S/2C2H4O7P2.Ca/c2*1-2(7-10(4)5)8-11(6)9-3;/h2*2H,1H3;/q;;+2/p+2. The first-order valence-corrected chi connectivity index (χ1v) is 9.04. The average Bonchev–Trinajstić information content (AvgIpc) is 2.36. The molecule has 0 spiro atoms. The van der Waals surface area contributed by atoms with Crippen molar-refractivity contribution in [3.8, 4) is 0 Å². The van der Waals surface area contributed by atoms with Gasteiger partial charge in [0.15, 0.2) is 0 Å². The first kappa shape index (κ1) is 29.0. The summed E-state index contributed by atoms with van der Waals surface area (Å²) in [5.41, 5.74) is 0. The fraction of sp³-hybridized carbons (Fsp3) is 1.00. The zero-order valence-corrected chi connectivity index (χ0v) is 17.2. The van der Waals surface area contributed by atoms with E-state index in [0.29, 0.717) is 0 Å². The van der Waals surface area contributed by atoms with Crippen molar-refractivity contribution in [3.63, 3.8) is 0 Å². The maximum atomic E-state index is 10.2. The van der Waals surface area contributed by atoms with E-state index >= 15 is 0 Å². The fourth-order valence-electron chi connectivity index (χ4n) is 0.562. The van der Waals surface area contributed by atoms with Gasteiger partial charge in [-0.25, -0.2) is 10.5 Å². The number of rotatable bonds is 10. The van der Waals surface area contributed by atoms with Crippen LogP contribution in [0.2, 0.25) is 0 Å². The second-order valence-corrected chi connectivity index (χ2v) is 5.57. The minimum absolute atomic E-state index is 0. The quantitative estimate of drug-likeness (QED) is 0.155. The smallest absolute Gasteiger partial charge is 0.566 e. The molecule has 0 aromatic heterocycles. The Hall–Kier alpha value is 1.26. The Bertz CT molecular complexity index is 355. The molecule has 6 atom stereocenters. The van der Waals surface area contributed by atoms with Crippen LogP contribution in [0.5, 0.6) is 0 Å². The van der Waals surface area contributed by atoms with E-state index in [2.05, 4.69) is 27.4 Å². The van der Waals surface area contributed by atoms with E-state index < -0.39 is 45.6 Å². The summed E-state index contributed by atoms with van der Waals surface area (Å²) in [6.45, 7) is 2.36. The van der Waals surface area contributed by atoms with Crippen LogP contribution in [0, 0.1) is 0 Å². The van der Waals surface area contributed by atoms with E-state index in [0.717, 1.165) is 0 Å². The minimum atomic E-state index is -3.07. The van der Waals surface area contributed by atoms with Crippen LogP contribution in [0.1, 0.15) is 13.8 Å². The van der Waals surface area contributed by atoms with Crippen LogP contribution in [0.4, 0.5) is 0 Å². The van der Waals surface area contributed by atoms with Gasteiger partial charge in [-0.3, -0.25) is 0 Å².